The molecule has 0 bridgehead atoms. The third kappa shape index (κ3) is 41.4. The Labute approximate surface area is 258 Å². The lowest BCUT2D eigenvalue weighted by Crippen LogP contribution is -2.15. The summed E-state index contributed by atoms with van der Waals surface area (Å²) >= 11 is 0. The molecule has 0 amide bonds. The van der Waals surface area contributed by atoms with Crippen LogP contribution in [0.4, 0.5) is 4.39 Å². The maximum absolute atomic E-state index is 11.8. The zero-order valence-electron chi connectivity index (χ0n) is 26.6. The SMILES string of the molecule is CC(C)OCCOCCOCCOCCOCCOCCOCCOCCOCCOCCOCCOCCOCCF. The third-order valence-corrected chi connectivity index (χ3v) is 4.99. The summed E-state index contributed by atoms with van der Waals surface area (Å²) < 4.78 is 81.8. The standard InChI is InChI=1S/C29H59FO13/c1-29(2)43-28-27-42-26-25-41-24-23-40-22-21-39-20-19-38-18-17-37-16-15-36-14-13-35-12-11-34-10-9-33-8-7-32-6-5-31-4-3-30/h29H,3-28H2,1-2H3. The van der Waals surface area contributed by atoms with Gasteiger partial charge in [0.25, 0.3) is 0 Å². The summed E-state index contributed by atoms with van der Waals surface area (Å²) in [6, 6.07) is 0. The quantitative estimate of drug-likeness (QED) is 0.0912. The summed E-state index contributed by atoms with van der Waals surface area (Å²) in [7, 11) is 0. The molecule has 0 aromatic rings. The van der Waals surface area contributed by atoms with Crippen LogP contribution in [0.3, 0.4) is 0 Å². The van der Waals surface area contributed by atoms with E-state index in [1.165, 1.54) is 0 Å². The number of alkyl halides is 1. The molecular weight excluding hydrogens is 575 g/mol. The minimum Gasteiger partial charge on any atom is -0.377 e. The predicted octanol–water partition coefficient (Wildman–Crippen LogP) is 1.58. The van der Waals surface area contributed by atoms with Crippen molar-refractivity contribution >= 4 is 0 Å². The normalized spacial score (nSPS) is 11.7. The van der Waals surface area contributed by atoms with Crippen LogP contribution in [0.25, 0.3) is 0 Å². The largest absolute Gasteiger partial charge is 0.377 e. The van der Waals surface area contributed by atoms with Crippen molar-refractivity contribution in [1.82, 2.24) is 0 Å². The minimum atomic E-state index is -0.475. The highest BCUT2D eigenvalue weighted by molar-refractivity contribution is 4.40. The molecule has 14 heteroatoms. The summed E-state index contributed by atoms with van der Waals surface area (Å²) in [6.07, 6.45) is 0.229. The fourth-order valence-electron chi connectivity index (χ4n) is 2.92. The Bertz CT molecular complexity index is 495. The first kappa shape index (κ1) is 42.4. The highest BCUT2D eigenvalue weighted by Crippen LogP contribution is 1.89. The average Bonchev–Trinajstić information content (AvgIpc) is 3.00. The average molecular weight is 635 g/mol. The van der Waals surface area contributed by atoms with Gasteiger partial charge in [-0.05, 0) is 13.8 Å². The van der Waals surface area contributed by atoms with E-state index in [1.54, 1.807) is 0 Å². The molecule has 0 saturated carbocycles. The molecule has 260 valence electrons. The van der Waals surface area contributed by atoms with E-state index >= 15 is 0 Å². The van der Waals surface area contributed by atoms with Gasteiger partial charge in [-0.15, -0.1) is 0 Å². The van der Waals surface area contributed by atoms with Crippen LogP contribution in [-0.4, -0.2) is 178 Å². The smallest absolute Gasteiger partial charge is 0.113 e. The van der Waals surface area contributed by atoms with Crippen molar-refractivity contribution in [3.8, 4) is 0 Å². The Morgan fingerprint density at radius 3 is 0.605 bits per heavy atom. The maximum atomic E-state index is 11.8. The minimum absolute atomic E-state index is 0.113. The topological polar surface area (TPSA) is 120 Å². The van der Waals surface area contributed by atoms with Crippen molar-refractivity contribution < 1.29 is 66.0 Å². The van der Waals surface area contributed by atoms with Crippen LogP contribution in [0.1, 0.15) is 13.8 Å². The van der Waals surface area contributed by atoms with Crippen molar-refractivity contribution in [2.45, 2.75) is 20.0 Å². The van der Waals surface area contributed by atoms with Gasteiger partial charge in [-0.2, -0.15) is 0 Å². The molecule has 0 N–H and O–H groups in total. The van der Waals surface area contributed by atoms with Gasteiger partial charge in [0, 0.05) is 0 Å². The molecule has 13 nitrogen and oxygen atoms in total. The number of rotatable bonds is 39. The van der Waals surface area contributed by atoms with E-state index in [0.29, 0.717) is 159 Å². The Morgan fingerprint density at radius 1 is 0.279 bits per heavy atom. The van der Waals surface area contributed by atoms with Crippen molar-refractivity contribution in [2.75, 3.05) is 172 Å². The molecule has 0 aromatic carbocycles. The van der Waals surface area contributed by atoms with Gasteiger partial charge >= 0.3 is 0 Å². The Morgan fingerprint density at radius 2 is 0.442 bits per heavy atom. The fourth-order valence-corrected chi connectivity index (χ4v) is 2.92. The van der Waals surface area contributed by atoms with Crippen LogP contribution in [0.5, 0.6) is 0 Å². The molecule has 43 heavy (non-hydrogen) atoms. The zero-order chi connectivity index (χ0) is 31.2. The fraction of sp³-hybridized carbons (Fsp3) is 1.00. The number of halogens is 1. The summed E-state index contributed by atoms with van der Waals surface area (Å²) in [4.78, 5) is 0. The maximum Gasteiger partial charge on any atom is 0.113 e. The van der Waals surface area contributed by atoms with E-state index in [2.05, 4.69) is 0 Å². The molecule has 0 aliphatic rings. The number of hydrogen-bond donors (Lipinski definition) is 0. The third-order valence-electron chi connectivity index (χ3n) is 4.99. The summed E-state index contributed by atoms with van der Waals surface area (Å²) in [5.41, 5.74) is 0. The first-order valence-corrected chi connectivity index (χ1v) is 15.4. The van der Waals surface area contributed by atoms with Gasteiger partial charge in [0.1, 0.15) is 6.67 Å². The van der Waals surface area contributed by atoms with E-state index in [9.17, 15) is 4.39 Å². The van der Waals surface area contributed by atoms with Crippen LogP contribution in [-0.2, 0) is 61.6 Å². The molecule has 0 spiro atoms. The molecule has 0 fully saturated rings. The lowest BCUT2D eigenvalue weighted by molar-refractivity contribution is -0.0298. The molecule has 0 radical (unpaired) electrons. The summed E-state index contributed by atoms with van der Waals surface area (Å²) in [5, 5.41) is 0. The van der Waals surface area contributed by atoms with Gasteiger partial charge in [-0.25, -0.2) is 4.39 Å². The molecule has 0 aliphatic carbocycles. The second kappa shape index (κ2) is 39.4. The summed E-state index contributed by atoms with van der Waals surface area (Å²) in [5.74, 6) is 0. The van der Waals surface area contributed by atoms with Crippen molar-refractivity contribution in [3.05, 3.63) is 0 Å². The van der Waals surface area contributed by atoms with Gasteiger partial charge in [0.05, 0.1) is 171 Å². The van der Waals surface area contributed by atoms with Crippen LogP contribution in [0.15, 0.2) is 0 Å². The Kier molecular flexibility index (Phi) is 38.9. The molecule has 0 unspecified atom stereocenters. The molecular formula is C29H59FO13. The van der Waals surface area contributed by atoms with E-state index in [4.69, 9.17) is 61.6 Å². The van der Waals surface area contributed by atoms with Gasteiger partial charge in [-0.3, -0.25) is 0 Å². The van der Waals surface area contributed by atoms with Gasteiger partial charge in [0.2, 0.25) is 0 Å². The van der Waals surface area contributed by atoms with Crippen LogP contribution < -0.4 is 0 Å². The van der Waals surface area contributed by atoms with E-state index < -0.39 is 6.67 Å². The highest BCUT2D eigenvalue weighted by atomic mass is 19.1. The van der Waals surface area contributed by atoms with Gasteiger partial charge < -0.3 is 61.6 Å². The lowest BCUT2D eigenvalue weighted by Gasteiger charge is -2.09. The van der Waals surface area contributed by atoms with Crippen molar-refractivity contribution in [3.63, 3.8) is 0 Å². The first-order chi connectivity index (χ1) is 21.3. The Balaban J connectivity index is 3.03. The van der Waals surface area contributed by atoms with Crippen molar-refractivity contribution in [2.24, 2.45) is 0 Å². The molecule has 0 aromatic heterocycles. The molecule has 0 heterocycles. The number of hydrogen-bond acceptors (Lipinski definition) is 13. The Hall–Kier alpha value is -0.590. The highest BCUT2D eigenvalue weighted by Gasteiger charge is 1.97. The number of ether oxygens (including phenoxy) is 13. The molecule has 0 saturated heterocycles. The van der Waals surface area contributed by atoms with Gasteiger partial charge in [-0.1, -0.05) is 0 Å². The summed E-state index contributed by atoms with van der Waals surface area (Å²) in [6.45, 7) is 15.8. The lowest BCUT2D eigenvalue weighted by atomic mass is 10.5. The second-order valence-corrected chi connectivity index (χ2v) is 8.96. The predicted molar refractivity (Wildman–Crippen MR) is 157 cm³/mol. The zero-order valence-corrected chi connectivity index (χ0v) is 26.6. The molecule has 0 aliphatic heterocycles. The van der Waals surface area contributed by atoms with E-state index in [-0.39, 0.29) is 12.7 Å². The van der Waals surface area contributed by atoms with E-state index in [0.717, 1.165) is 0 Å². The monoisotopic (exact) mass is 634 g/mol. The second-order valence-electron chi connectivity index (χ2n) is 8.96. The molecule has 0 atom stereocenters. The van der Waals surface area contributed by atoms with Crippen LogP contribution in [0, 0.1) is 0 Å². The van der Waals surface area contributed by atoms with Crippen molar-refractivity contribution in [1.29, 1.82) is 0 Å². The van der Waals surface area contributed by atoms with Gasteiger partial charge in [0.15, 0.2) is 0 Å². The van der Waals surface area contributed by atoms with E-state index in [1.807, 2.05) is 13.8 Å². The van der Waals surface area contributed by atoms with Crippen LogP contribution >= 0.6 is 0 Å². The first-order valence-electron chi connectivity index (χ1n) is 15.4. The molecule has 0 rings (SSSR count). The van der Waals surface area contributed by atoms with Crippen LogP contribution in [0.2, 0.25) is 0 Å².